The molecule has 0 aliphatic carbocycles. The molecule has 0 radical (unpaired) electrons. The lowest BCUT2D eigenvalue weighted by atomic mass is 9.93. The molecule has 0 N–H and O–H groups in total. The Labute approximate surface area is 140 Å². The van der Waals surface area contributed by atoms with Crippen LogP contribution in [0.1, 0.15) is 23.5 Å². The van der Waals surface area contributed by atoms with Crippen molar-refractivity contribution in [2.24, 2.45) is 0 Å². The molecular weight excluding hydrogens is 399 g/mol. The summed E-state index contributed by atoms with van der Waals surface area (Å²) in [6.45, 7) is 0. The number of ether oxygens (including phenoxy) is 1. The molecule has 3 rings (SSSR count). The highest BCUT2D eigenvalue weighted by Crippen LogP contribution is 2.34. The molecule has 2 unspecified atom stereocenters. The van der Waals surface area contributed by atoms with E-state index in [4.69, 9.17) is 4.74 Å². The molecule has 2 atom stereocenters. The van der Waals surface area contributed by atoms with Crippen molar-refractivity contribution in [1.29, 1.82) is 0 Å². The normalized spacial score (nSPS) is 18.1. The Kier molecular flexibility index (Phi) is 4.65. The third kappa shape index (κ3) is 3.49. The van der Waals surface area contributed by atoms with Gasteiger partial charge in [0.05, 0.1) is 0 Å². The minimum atomic E-state index is -0.192. The van der Waals surface area contributed by atoms with E-state index in [1.807, 2.05) is 0 Å². The zero-order valence-electron chi connectivity index (χ0n) is 11.4. The van der Waals surface area contributed by atoms with Crippen LogP contribution in [0.5, 0.6) is 5.75 Å². The zero-order valence-corrected chi connectivity index (χ0v) is 14.5. The standard InChI is InChI=1S/C17H15Br2FO/c18-10-13(11-1-3-14(19)4-2-11)9-16-8-12-7-15(20)5-6-17(12)21-16/h1-7,13,16H,8-10H2. The highest BCUT2D eigenvalue weighted by molar-refractivity contribution is 9.10. The summed E-state index contributed by atoms with van der Waals surface area (Å²) in [4.78, 5) is 0. The average molecular weight is 414 g/mol. The molecule has 0 amide bonds. The van der Waals surface area contributed by atoms with Crippen LogP contribution in [0.4, 0.5) is 4.39 Å². The predicted octanol–water partition coefficient (Wildman–Crippen LogP) is 5.46. The van der Waals surface area contributed by atoms with Gasteiger partial charge >= 0.3 is 0 Å². The van der Waals surface area contributed by atoms with Gasteiger partial charge in [-0.3, -0.25) is 0 Å². The van der Waals surface area contributed by atoms with Crippen LogP contribution >= 0.6 is 31.9 Å². The first kappa shape index (κ1) is 15.0. The van der Waals surface area contributed by atoms with E-state index in [9.17, 15) is 4.39 Å². The van der Waals surface area contributed by atoms with Gasteiger partial charge in [-0.1, -0.05) is 44.0 Å². The van der Waals surface area contributed by atoms with Gasteiger partial charge in [-0.15, -0.1) is 0 Å². The van der Waals surface area contributed by atoms with Crippen LogP contribution in [0.2, 0.25) is 0 Å². The van der Waals surface area contributed by atoms with E-state index in [1.165, 1.54) is 11.6 Å². The van der Waals surface area contributed by atoms with Crippen molar-refractivity contribution in [2.45, 2.75) is 24.9 Å². The van der Waals surface area contributed by atoms with Crippen LogP contribution in [0.15, 0.2) is 46.9 Å². The van der Waals surface area contributed by atoms with Gasteiger partial charge in [-0.2, -0.15) is 0 Å². The molecule has 1 aliphatic heterocycles. The molecule has 4 heteroatoms. The minimum absolute atomic E-state index is 0.119. The number of benzene rings is 2. The Hall–Kier alpha value is -0.870. The van der Waals surface area contributed by atoms with Gasteiger partial charge in [-0.25, -0.2) is 4.39 Å². The number of halogens is 3. The van der Waals surface area contributed by atoms with Crippen LogP contribution in [0.25, 0.3) is 0 Å². The lowest BCUT2D eigenvalue weighted by molar-refractivity contribution is 0.213. The van der Waals surface area contributed by atoms with E-state index in [0.717, 1.165) is 34.0 Å². The second-order valence-corrected chi connectivity index (χ2v) is 6.90. The fraction of sp³-hybridized carbons (Fsp3) is 0.294. The van der Waals surface area contributed by atoms with E-state index in [0.29, 0.717) is 5.92 Å². The third-order valence-corrected chi connectivity index (χ3v) is 5.15. The highest BCUT2D eigenvalue weighted by atomic mass is 79.9. The molecule has 110 valence electrons. The molecule has 0 fully saturated rings. The molecule has 21 heavy (non-hydrogen) atoms. The Morgan fingerprint density at radius 2 is 1.95 bits per heavy atom. The van der Waals surface area contributed by atoms with E-state index < -0.39 is 0 Å². The van der Waals surface area contributed by atoms with Crippen LogP contribution in [0, 0.1) is 5.82 Å². The summed E-state index contributed by atoms with van der Waals surface area (Å²) in [5.41, 5.74) is 2.27. The van der Waals surface area contributed by atoms with Crippen LogP contribution < -0.4 is 4.74 Å². The number of hydrogen-bond donors (Lipinski definition) is 0. The molecule has 2 aromatic rings. The maximum Gasteiger partial charge on any atom is 0.123 e. The van der Waals surface area contributed by atoms with Crippen molar-refractivity contribution in [1.82, 2.24) is 0 Å². The Balaban J connectivity index is 1.70. The van der Waals surface area contributed by atoms with E-state index in [2.05, 4.69) is 56.1 Å². The Morgan fingerprint density at radius 3 is 2.67 bits per heavy atom. The molecule has 1 nitrogen and oxygen atoms in total. The summed E-state index contributed by atoms with van der Waals surface area (Å²) in [7, 11) is 0. The zero-order chi connectivity index (χ0) is 14.8. The molecule has 0 saturated heterocycles. The summed E-state index contributed by atoms with van der Waals surface area (Å²) in [6.07, 6.45) is 1.82. The first-order valence-corrected chi connectivity index (χ1v) is 8.83. The Bertz CT molecular complexity index is 627. The molecule has 0 spiro atoms. The van der Waals surface area contributed by atoms with Gasteiger partial charge in [0, 0.05) is 21.8 Å². The number of rotatable bonds is 4. The van der Waals surface area contributed by atoms with Gasteiger partial charge < -0.3 is 4.74 Å². The quantitative estimate of drug-likeness (QED) is 0.604. The third-order valence-electron chi connectivity index (χ3n) is 3.84. The maximum atomic E-state index is 13.3. The van der Waals surface area contributed by atoms with Crippen LogP contribution in [-0.4, -0.2) is 11.4 Å². The first-order valence-electron chi connectivity index (χ1n) is 6.92. The lowest BCUT2D eigenvalue weighted by Gasteiger charge is -2.19. The van der Waals surface area contributed by atoms with E-state index >= 15 is 0 Å². The SMILES string of the molecule is Fc1ccc2c(c1)CC(CC(CBr)c1ccc(Br)cc1)O2. The van der Waals surface area contributed by atoms with Crippen molar-refractivity contribution in [3.63, 3.8) is 0 Å². The van der Waals surface area contributed by atoms with Gasteiger partial charge in [0.1, 0.15) is 17.7 Å². The summed E-state index contributed by atoms with van der Waals surface area (Å²) in [5, 5.41) is 0.888. The van der Waals surface area contributed by atoms with Crippen molar-refractivity contribution in [3.8, 4) is 5.75 Å². The smallest absolute Gasteiger partial charge is 0.123 e. The molecule has 1 aliphatic rings. The van der Waals surface area contributed by atoms with Gasteiger partial charge in [0.15, 0.2) is 0 Å². The molecule has 1 heterocycles. The molecule has 0 aromatic heterocycles. The van der Waals surface area contributed by atoms with E-state index in [-0.39, 0.29) is 11.9 Å². The number of fused-ring (bicyclic) bond motifs is 1. The Morgan fingerprint density at radius 1 is 1.19 bits per heavy atom. The van der Waals surface area contributed by atoms with Gasteiger partial charge in [0.2, 0.25) is 0 Å². The fourth-order valence-electron chi connectivity index (χ4n) is 2.76. The highest BCUT2D eigenvalue weighted by Gasteiger charge is 2.26. The van der Waals surface area contributed by atoms with Gasteiger partial charge in [-0.05, 0) is 48.2 Å². The van der Waals surface area contributed by atoms with Crippen molar-refractivity contribution >= 4 is 31.9 Å². The minimum Gasteiger partial charge on any atom is -0.490 e. The second-order valence-electron chi connectivity index (χ2n) is 5.33. The number of alkyl halides is 1. The largest absolute Gasteiger partial charge is 0.490 e. The van der Waals surface area contributed by atoms with Gasteiger partial charge in [0.25, 0.3) is 0 Å². The average Bonchev–Trinajstić information content (AvgIpc) is 2.87. The summed E-state index contributed by atoms with van der Waals surface area (Å²) in [6, 6.07) is 13.2. The molecular formula is C17H15Br2FO. The lowest BCUT2D eigenvalue weighted by Crippen LogP contribution is -2.18. The van der Waals surface area contributed by atoms with Crippen molar-refractivity contribution < 1.29 is 9.13 Å². The van der Waals surface area contributed by atoms with E-state index in [1.54, 1.807) is 12.1 Å². The first-order chi connectivity index (χ1) is 10.2. The summed E-state index contributed by atoms with van der Waals surface area (Å²) in [5.74, 6) is 1.02. The van der Waals surface area contributed by atoms with Crippen LogP contribution in [-0.2, 0) is 6.42 Å². The maximum absolute atomic E-state index is 13.3. The number of hydrogen-bond acceptors (Lipinski definition) is 1. The molecule has 0 bridgehead atoms. The summed E-state index contributed by atoms with van der Waals surface area (Å²) < 4.78 is 20.3. The predicted molar refractivity (Wildman–Crippen MR) is 89.8 cm³/mol. The fourth-order valence-corrected chi connectivity index (χ4v) is 3.66. The second kappa shape index (κ2) is 6.49. The monoisotopic (exact) mass is 412 g/mol. The molecule has 0 saturated carbocycles. The molecule has 2 aromatic carbocycles. The summed E-state index contributed by atoms with van der Waals surface area (Å²) >= 11 is 7.06. The topological polar surface area (TPSA) is 9.23 Å². The van der Waals surface area contributed by atoms with Crippen LogP contribution in [0.3, 0.4) is 0 Å². The van der Waals surface area contributed by atoms with Crippen molar-refractivity contribution in [2.75, 3.05) is 5.33 Å². The van der Waals surface area contributed by atoms with Crippen molar-refractivity contribution in [3.05, 3.63) is 63.9 Å².